The molecule has 0 radical (unpaired) electrons. The fourth-order valence-electron chi connectivity index (χ4n) is 4.22. The quantitative estimate of drug-likeness (QED) is 0.497. The molecule has 9 heteroatoms. The molecule has 0 bridgehead atoms. The van der Waals surface area contributed by atoms with Crippen molar-refractivity contribution in [3.05, 3.63) is 64.2 Å². The van der Waals surface area contributed by atoms with E-state index in [1.165, 1.54) is 5.56 Å². The standard InChI is InChI=1S/C25H27ClF3N3O2/c1-23(2,3)17-6-4-16(5-7-17)21-15-24(34-31-21)10-12-32(13-11-24)22(33)30-20-14-18(25(27,28)29)8-9-19(20)26/h4-9,14H,10-13,15H2,1-3H3,(H,30,33). The number of alkyl halides is 3. The number of rotatable bonds is 2. The van der Waals surface area contributed by atoms with Crippen LogP contribution in [0.5, 0.6) is 0 Å². The number of likely N-dealkylation sites (tertiary alicyclic amines) is 1. The van der Waals surface area contributed by atoms with Gasteiger partial charge in [-0.1, -0.05) is 61.8 Å². The van der Waals surface area contributed by atoms with E-state index in [1.807, 2.05) is 0 Å². The summed E-state index contributed by atoms with van der Waals surface area (Å²) in [7, 11) is 0. The topological polar surface area (TPSA) is 53.9 Å². The summed E-state index contributed by atoms with van der Waals surface area (Å²) in [4.78, 5) is 20.1. The van der Waals surface area contributed by atoms with Crippen molar-refractivity contribution in [1.29, 1.82) is 0 Å². The zero-order chi connectivity index (χ0) is 24.7. The van der Waals surface area contributed by atoms with E-state index in [4.69, 9.17) is 16.4 Å². The summed E-state index contributed by atoms with van der Waals surface area (Å²) in [5.74, 6) is 0. The molecule has 0 atom stereocenters. The van der Waals surface area contributed by atoms with Crippen molar-refractivity contribution in [2.45, 2.75) is 57.2 Å². The Morgan fingerprint density at radius 1 is 1.06 bits per heavy atom. The molecule has 0 unspecified atom stereocenters. The third kappa shape index (κ3) is 5.17. The van der Waals surface area contributed by atoms with Gasteiger partial charge in [0.25, 0.3) is 0 Å². The van der Waals surface area contributed by atoms with Crippen molar-refractivity contribution in [2.75, 3.05) is 18.4 Å². The molecular weight excluding hydrogens is 467 g/mol. The Morgan fingerprint density at radius 2 is 1.68 bits per heavy atom. The Balaban J connectivity index is 1.35. The first kappa shape index (κ1) is 24.4. The summed E-state index contributed by atoms with van der Waals surface area (Å²) in [6.07, 6.45) is -2.73. The zero-order valence-corrected chi connectivity index (χ0v) is 20.1. The SMILES string of the molecule is CC(C)(C)c1ccc(C2=NOC3(CCN(C(=O)Nc4cc(C(F)(F)F)ccc4Cl)CC3)C2)cc1. The normalized spacial score (nSPS) is 18.0. The number of benzene rings is 2. The minimum atomic E-state index is -4.52. The first-order chi connectivity index (χ1) is 15.9. The maximum Gasteiger partial charge on any atom is 0.416 e. The smallest absolute Gasteiger partial charge is 0.388 e. The van der Waals surface area contributed by atoms with Crippen LogP contribution in [0.25, 0.3) is 0 Å². The molecule has 5 nitrogen and oxygen atoms in total. The summed E-state index contributed by atoms with van der Waals surface area (Å²) >= 11 is 6.00. The minimum Gasteiger partial charge on any atom is -0.388 e. The molecule has 2 aliphatic heterocycles. The number of oxime groups is 1. The number of hydrogen-bond donors (Lipinski definition) is 1. The van der Waals surface area contributed by atoms with Gasteiger partial charge in [0.15, 0.2) is 0 Å². The van der Waals surface area contributed by atoms with Crippen LogP contribution in [0.3, 0.4) is 0 Å². The van der Waals surface area contributed by atoms with Crippen LogP contribution >= 0.6 is 11.6 Å². The van der Waals surface area contributed by atoms with Crippen molar-refractivity contribution < 1.29 is 22.8 Å². The highest BCUT2D eigenvalue weighted by Crippen LogP contribution is 2.37. The predicted octanol–water partition coefficient (Wildman–Crippen LogP) is 6.85. The van der Waals surface area contributed by atoms with E-state index < -0.39 is 23.4 Å². The third-order valence-corrected chi connectivity index (χ3v) is 6.75. The summed E-state index contributed by atoms with van der Waals surface area (Å²) in [5.41, 5.74) is 1.80. The van der Waals surface area contributed by atoms with Gasteiger partial charge in [-0.2, -0.15) is 13.2 Å². The lowest BCUT2D eigenvalue weighted by Crippen LogP contribution is -2.48. The van der Waals surface area contributed by atoms with Crippen molar-refractivity contribution in [3.8, 4) is 0 Å². The van der Waals surface area contributed by atoms with E-state index in [9.17, 15) is 18.0 Å². The average Bonchev–Trinajstić information content (AvgIpc) is 3.18. The van der Waals surface area contributed by atoms with Crippen molar-refractivity contribution >= 4 is 29.0 Å². The molecule has 1 fully saturated rings. The fraction of sp³-hybridized carbons (Fsp3) is 0.440. The van der Waals surface area contributed by atoms with E-state index in [0.29, 0.717) is 32.4 Å². The highest BCUT2D eigenvalue weighted by atomic mass is 35.5. The van der Waals surface area contributed by atoms with Crippen LogP contribution in [0.2, 0.25) is 5.02 Å². The van der Waals surface area contributed by atoms with E-state index in [1.54, 1.807) is 4.90 Å². The van der Waals surface area contributed by atoms with Crippen LogP contribution < -0.4 is 5.32 Å². The van der Waals surface area contributed by atoms with Crippen LogP contribution in [0.15, 0.2) is 47.6 Å². The second-order valence-electron chi connectivity index (χ2n) is 9.93. The Labute approximate surface area is 201 Å². The zero-order valence-electron chi connectivity index (χ0n) is 19.3. The van der Waals surface area contributed by atoms with E-state index >= 15 is 0 Å². The molecule has 4 rings (SSSR count). The van der Waals surface area contributed by atoms with Crippen LogP contribution in [-0.4, -0.2) is 35.3 Å². The molecule has 0 aromatic heterocycles. The maximum absolute atomic E-state index is 13.0. The van der Waals surface area contributed by atoms with Gasteiger partial charge in [0, 0.05) is 32.4 Å². The Kier molecular flexibility index (Phi) is 6.31. The first-order valence-corrected chi connectivity index (χ1v) is 11.5. The molecule has 182 valence electrons. The monoisotopic (exact) mass is 493 g/mol. The van der Waals surface area contributed by atoms with E-state index in [-0.39, 0.29) is 16.1 Å². The molecule has 0 saturated carbocycles. The molecule has 2 aromatic carbocycles. The van der Waals surface area contributed by atoms with Gasteiger partial charge in [-0.15, -0.1) is 0 Å². The molecule has 2 aromatic rings. The van der Waals surface area contributed by atoms with Crippen molar-refractivity contribution in [2.24, 2.45) is 5.16 Å². The number of hydrogen-bond acceptors (Lipinski definition) is 3. The molecule has 1 N–H and O–H groups in total. The fourth-order valence-corrected chi connectivity index (χ4v) is 4.38. The highest BCUT2D eigenvalue weighted by Gasteiger charge is 2.43. The predicted molar refractivity (Wildman–Crippen MR) is 126 cm³/mol. The summed E-state index contributed by atoms with van der Waals surface area (Å²) in [6.45, 7) is 7.29. The van der Waals surface area contributed by atoms with Crippen LogP contribution in [0.4, 0.5) is 23.7 Å². The molecular formula is C25H27ClF3N3O2. The summed E-state index contributed by atoms with van der Waals surface area (Å²) in [6, 6.07) is 10.7. The van der Waals surface area contributed by atoms with Crippen molar-refractivity contribution in [1.82, 2.24) is 4.90 Å². The number of carbonyl (C=O) groups is 1. The number of carbonyl (C=O) groups excluding carboxylic acids is 1. The number of nitrogens with zero attached hydrogens (tertiary/aromatic N) is 2. The maximum atomic E-state index is 13.0. The third-order valence-electron chi connectivity index (χ3n) is 6.42. The summed E-state index contributed by atoms with van der Waals surface area (Å²) in [5, 5.41) is 6.89. The molecule has 0 aliphatic carbocycles. The number of halogens is 4. The van der Waals surface area contributed by atoms with Gasteiger partial charge in [-0.25, -0.2) is 4.79 Å². The highest BCUT2D eigenvalue weighted by molar-refractivity contribution is 6.33. The van der Waals surface area contributed by atoms with E-state index in [2.05, 4.69) is 55.5 Å². The minimum absolute atomic E-state index is 0.0458. The second kappa shape index (κ2) is 8.80. The molecule has 1 saturated heterocycles. The van der Waals surface area contributed by atoms with Gasteiger partial charge >= 0.3 is 12.2 Å². The largest absolute Gasteiger partial charge is 0.416 e. The second-order valence-corrected chi connectivity index (χ2v) is 10.3. The number of nitrogens with one attached hydrogen (secondary N) is 1. The number of urea groups is 1. The van der Waals surface area contributed by atoms with Crippen LogP contribution in [-0.2, 0) is 16.4 Å². The van der Waals surface area contributed by atoms with Gasteiger partial charge < -0.3 is 15.1 Å². The molecule has 2 heterocycles. The molecule has 1 spiro atoms. The number of anilines is 1. The van der Waals surface area contributed by atoms with Crippen LogP contribution in [0.1, 0.15) is 56.7 Å². The average molecular weight is 494 g/mol. The molecule has 34 heavy (non-hydrogen) atoms. The molecule has 2 amide bonds. The Morgan fingerprint density at radius 3 is 2.26 bits per heavy atom. The van der Waals surface area contributed by atoms with Gasteiger partial charge in [-0.05, 0) is 34.7 Å². The molecule has 2 aliphatic rings. The lowest BCUT2D eigenvalue weighted by molar-refractivity contribution is -0.137. The Bertz CT molecular complexity index is 1100. The van der Waals surface area contributed by atoms with Gasteiger partial charge in [0.05, 0.1) is 22.0 Å². The lowest BCUT2D eigenvalue weighted by atomic mass is 9.84. The van der Waals surface area contributed by atoms with Gasteiger partial charge in [0.1, 0.15) is 5.60 Å². The first-order valence-electron chi connectivity index (χ1n) is 11.2. The Hall–Kier alpha value is -2.74. The van der Waals surface area contributed by atoms with Crippen LogP contribution in [0, 0.1) is 0 Å². The van der Waals surface area contributed by atoms with E-state index in [0.717, 1.165) is 29.5 Å². The van der Waals surface area contributed by atoms with Gasteiger partial charge in [-0.3, -0.25) is 0 Å². The van der Waals surface area contributed by atoms with Crippen molar-refractivity contribution in [3.63, 3.8) is 0 Å². The lowest BCUT2D eigenvalue weighted by Gasteiger charge is -2.37. The number of amides is 2. The summed E-state index contributed by atoms with van der Waals surface area (Å²) < 4.78 is 39.0. The van der Waals surface area contributed by atoms with Gasteiger partial charge in [0.2, 0.25) is 0 Å². The number of piperidine rings is 1.